The molecule has 0 atom stereocenters. The second-order valence-electron chi connectivity index (χ2n) is 15.2. The molecule has 0 bridgehead atoms. The van der Waals surface area contributed by atoms with E-state index in [-0.39, 0.29) is 0 Å². The molecule has 1 aromatic heterocycles. The third kappa shape index (κ3) is 8.81. The minimum atomic E-state index is 0.926. The molecule has 8 aromatic carbocycles. The lowest BCUT2D eigenvalue weighted by molar-refractivity contribution is 0.670. The molecule has 0 amide bonds. The number of hydrogen-bond donors (Lipinski definition) is 0. The summed E-state index contributed by atoms with van der Waals surface area (Å²) in [7, 11) is 0. The van der Waals surface area contributed by atoms with Gasteiger partial charge in [0.05, 0.1) is 0 Å². The highest BCUT2D eigenvalue weighted by molar-refractivity contribution is 6.09. The molecule has 1 heterocycles. The van der Waals surface area contributed by atoms with Crippen molar-refractivity contribution in [3.63, 3.8) is 0 Å². The third-order valence-electron chi connectivity index (χ3n) is 11.0. The monoisotopic (exact) mass is 762 g/mol. The van der Waals surface area contributed by atoms with Gasteiger partial charge in [-0.15, -0.1) is 0 Å². The fourth-order valence-electron chi connectivity index (χ4n) is 7.88. The normalized spacial score (nSPS) is 11.8. The number of para-hydroxylation sites is 2. The molecular formula is C58H50O. The summed E-state index contributed by atoms with van der Waals surface area (Å²) >= 11 is 0. The van der Waals surface area contributed by atoms with Crippen molar-refractivity contribution < 1.29 is 4.42 Å². The standard InChI is InChI=1S/C49H40O.C9H10/c1-3-10-41(32-42(11-4-2)38-22-24-39(25-23-38)44-31-28-34-12-5-6-13-43(34)33-44)37-20-18-35(19-21-37)36-26-29-40(30-27-36)45-15-9-16-47-46-14-7-8-17-48(46)50-49(45)47;1-8(2)9-6-4-3-5-7-9/h5-9,11-33H,3-4,10H2,1-2H3;3-7H,1H2,2H3/b41-32+,42-11-;. The Kier molecular flexibility index (Phi) is 11.9. The van der Waals surface area contributed by atoms with Crippen molar-refractivity contribution in [2.24, 2.45) is 0 Å². The first-order valence-electron chi connectivity index (χ1n) is 20.8. The first-order valence-corrected chi connectivity index (χ1v) is 20.8. The van der Waals surface area contributed by atoms with Crippen LogP contribution in [0.3, 0.4) is 0 Å². The van der Waals surface area contributed by atoms with Gasteiger partial charge in [0.25, 0.3) is 0 Å². The molecule has 1 nitrogen and oxygen atoms in total. The van der Waals surface area contributed by atoms with Crippen LogP contribution in [-0.4, -0.2) is 0 Å². The van der Waals surface area contributed by atoms with E-state index in [0.29, 0.717) is 0 Å². The number of hydrogen-bond acceptors (Lipinski definition) is 1. The topological polar surface area (TPSA) is 13.1 Å². The summed E-state index contributed by atoms with van der Waals surface area (Å²) in [5, 5.41) is 4.86. The Morgan fingerprint density at radius 3 is 1.76 bits per heavy atom. The number of furan rings is 1. The maximum absolute atomic E-state index is 6.31. The summed E-state index contributed by atoms with van der Waals surface area (Å²) in [6.07, 6.45) is 7.85. The van der Waals surface area contributed by atoms with Crippen molar-refractivity contribution in [1.82, 2.24) is 0 Å². The van der Waals surface area contributed by atoms with E-state index in [1.807, 2.05) is 37.3 Å². The predicted octanol–water partition coefficient (Wildman–Crippen LogP) is 17.1. The lowest BCUT2D eigenvalue weighted by atomic mass is 9.93. The molecule has 0 radical (unpaired) electrons. The van der Waals surface area contributed by atoms with Crippen LogP contribution in [0.25, 0.3) is 82.8 Å². The van der Waals surface area contributed by atoms with Crippen molar-refractivity contribution in [2.75, 3.05) is 0 Å². The average molecular weight is 763 g/mol. The van der Waals surface area contributed by atoms with Crippen LogP contribution in [0.5, 0.6) is 0 Å². The van der Waals surface area contributed by atoms with Gasteiger partial charge >= 0.3 is 0 Å². The Bertz CT molecular complexity index is 2900. The van der Waals surface area contributed by atoms with E-state index in [2.05, 4.69) is 190 Å². The zero-order chi connectivity index (χ0) is 40.6. The summed E-state index contributed by atoms with van der Waals surface area (Å²) < 4.78 is 6.31. The van der Waals surface area contributed by atoms with E-state index in [4.69, 9.17) is 4.42 Å². The highest BCUT2D eigenvalue weighted by Crippen LogP contribution is 2.37. The van der Waals surface area contributed by atoms with Crippen LogP contribution < -0.4 is 0 Å². The number of rotatable bonds is 10. The van der Waals surface area contributed by atoms with E-state index in [9.17, 15) is 0 Å². The summed E-state index contributed by atoms with van der Waals surface area (Å²) in [6.45, 7) is 10.3. The van der Waals surface area contributed by atoms with Gasteiger partial charge in [-0.25, -0.2) is 0 Å². The van der Waals surface area contributed by atoms with Gasteiger partial charge in [0, 0.05) is 16.3 Å². The molecule has 9 rings (SSSR count). The molecule has 0 unspecified atom stereocenters. The number of benzene rings is 8. The van der Waals surface area contributed by atoms with E-state index in [0.717, 1.165) is 57.9 Å². The molecule has 0 saturated carbocycles. The van der Waals surface area contributed by atoms with Crippen molar-refractivity contribution in [2.45, 2.75) is 40.0 Å². The second kappa shape index (κ2) is 18.1. The number of fused-ring (bicyclic) bond motifs is 4. The van der Waals surface area contributed by atoms with Gasteiger partial charge in [-0.2, -0.15) is 0 Å². The lowest BCUT2D eigenvalue weighted by Crippen LogP contribution is -1.89. The summed E-state index contributed by atoms with van der Waals surface area (Å²) in [4.78, 5) is 0. The Morgan fingerprint density at radius 1 is 0.508 bits per heavy atom. The van der Waals surface area contributed by atoms with Crippen molar-refractivity contribution in [3.05, 3.63) is 223 Å². The van der Waals surface area contributed by atoms with Crippen LogP contribution in [0.15, 0.2) is 211 Å². The van der Waals surface area contributed by atoms with Crippen LogP contribution >= 0.6 is 0 Å². The number of allylic oxidation sites excluding steroid dienone is 5. The van der Waals surface area contributed by atoms with Crippen molar-refractivity contribution in [3.8, 4) is 33.4 Å². The van der Waals surface area contributed by atoms with E-state index >= 15 is 0 Å². The van der Waals surface area contributed by atoms with Crippen LogP contribution in [0.2, 0.25) is 0 Å². The van der Waals surface area contributed by atoms with Gasteiger partial charge in [-0.3, -0.25) is 0 Å². The molecule has 0 aliphatic rings. The first-order chi connectivity index (χ1) is 29.0. The maximum Gasteiger partial charge on any atom is 0.143 e. The Morgan fingerprint density at radius 2 is 1.08 bits per heavy atom. The van der Waals surface area contributed by atoms with Crippen LogP contribution in [-0.2, 0) is 0 Å². The fraction of sp³-hybridized carbons (Fsp3) is 0.103. The average Bonchev–Trinajstić information content (AvgIpc) is 3.68. The van der Waals surface area contributed by atoms with Gasteiger partial charge in [-0.05, 0) is 98.3 Å². The Balaban J connectivity index is 0.000000478. The SMILES string of the molecule is C=C(C)c1ccccc1.CC/C=C(/C=C(\CCC)c1ccc(-c2ccc(-c3cccc4c3oc3ccccc34)cc2)cc1)c1ccc(-c2ccc3ccccc3c2)cc1. The van der Waals surface area contributed by atoms with E-state index in [1.54, 1.807) is 0 Å². The highest BCUT2D eigenvalue weighted by Gasteiger charge is 2.12. The molecular weight excluding hydrogens is 713 g/mol. The molecule has 9 aromatic rings. The maximum atomic E-state index is 6.31. The first kappa shape index (κ1) is 38.9. The minimum Gasteiger partial charge on any atom is -0.455 e. The molecule has 0 aliphatic carbocycles. The van der Waals surface area contributed by atoms with Crippen LogP contribution in [0.4, 0.5) is 0 Å². The van der Waals surface area contributed by atoms with Crippen LogP contribution in [0, 0.1) is 0 Å². The highest BCUT2D eigenvalue weighted by atomic mass is 16.3. The molecule has 288 valence electrons. The summed E-state index contributed by atoms with van der Waals surface area (Å²) in [5.41, 5.74) is 16.6. The zero-order valence-electron chi connectivity index (χ0n) is 34.3. The molecule has 0 aliphatic heterocycles. The van der Waals surface area contributed by atoms with Crippen molar-refractivity contribution >= 4 is 49.4 Å². The van der Waals surface area contributed by atoms with Crippen molar-refractivity contribution in [1.29, 1.82) is 0 Å². The molecule has 0 saturated heterocycles. The van der Waals surface area contributed by atoms with Gasteiger partial charge in [0.1, 0.15) is 11.2 Å². The summed E-state index contributed by atoms with van der Waals surface area (Å²) in [5.74, 6) is 0. The zero-order valence-corrected chi connectivity index (χ0v) is 34.3. The van der Waals surface area contributed by atoms with Crippen LogP contribution in [0.1, 0.15) is 56.7 Å². The Hall–Kier alpha value is -6.96. The van der Waals surface area contributed by atoms with Gasteiger partial charge in [0.2, 0.25) is 0 Å². The minimum absolute atomic E-state index is 0.926. The Labute approximate surface area is 349 Å². The van der Waals surface area contributed by atoms with E-state index < -0.39 is 0 Å². The largest absolute Gasteiger partial charge is 0.455 e. The molecule has 1 heteroatoms. The summed E-state index contributed by atoms with van der Waals surface area (Å²) in [6, 6.07) is 67.1. The predicted molar refractivity (Wildman–Crippen MR) is 256 cm³/mol. The third-order valence-corrected chi connectivity index (χ3v) is 11.0. The molecule has 59 heavy (non-hydrogen) atoms. The van der Waals surface area contributed by atoms with Gasteiger partial charge in [0.15, 0.2) is 0 Å². The molecule has 0 N–H and O–H groups in total. The second-order valence-corrected chi connectivity index (χ2v) is 15.2. The lowest BCUT2D eigenvalue weighted by Gasteiger charge is -2.12. The van der Waals surface area contributed by atoms with Gasteiger partial charge in [-0.1, -0.05) is 220 Å². The fourth-order valence-corrected chi connectivity index (χ4v) is 7.88. The smallest absolute Gasteiger partial charge is 0.143 e. The quantitative estimate of drug-likeness (QED) is 0.126. The molecule has 0 spiro atoms. The molecule has 0 fully saturated rings. The van der Waals surface area contributed by atoms with E-state index in [1.165, 1.54) is 60.9 Å². The van der Waals surface area contributed by atoms with Gasteiger partial charge < -0.3 is 4.42 Å².